The Bertz CT molecular complexity index is 1380. The van der Waals surface area contributed by atoms with Crippen LogP contribution in [0.1, 0.15) is 54.7 Å². The van der Waals surface area contributed by atoms with Crippen LogP contribution in [0.4, 0.5) is 0 Å². The average Bonchev–Trinajstić information content (AvgIpc) is 2.99. The Morgan fingerprint density at radius 1 is 0.500 bits per heavy atom. The van der Waals surface area contributed by atoms with Crippen molar-refractivity contribution in [3.8, 4) is 28.7 Å². The lowest BCUT2D eigenvalue weighted by Gasteiger charge is -2.18. The van der Waals surface area contributed by atoms with Gasteiger partial charge in [-0.05, 0) is 104 Å². The summed E-state index contributed by atoms with van der Waals surface area (Å²) in [6, 6.07) is 25.3. The van der Waals surface area contributed by atoms with Gasteiger partial charge in [-0.3, -0.25) is 0 Å². The Labute approximate surface area is 258 Å². The third-order valence-corrected chi connectivity index (χ3v) is 7.19. The standard InChI is InChI=1S/C18H23NO3.C17H21NO4/c1-13(2-3-14-4-8-16(20)9-5-14)19-12-18(22)15-6-10-17(21)11-7-15;1-11(6-12-2-4-14(19)5-3-12)18-10-17(22)13-7-15(20)9-16(21)8-13/h4-11,13,18-22H,2-3,12H2,1H3;2-5,7-9,11,17-22H,6,10H2,1H3. The van der Waals surface area contributed by atoms with Gasteiger partial charge < -0.3 is 46.4 Å². The summed E-state index contributed by atoms with van der Waals surface area (Å²) >= 11 is 0. The zero-order chi connectivity index (χ0) is 32.1. The number of aromatic hydroxyl groups is 5. The number of aliphatic hydroxyl groups excluding tert-OH is 2. The highest BCUT2D eigenvalue weighted by Gasteiger charge is 2.12. The van der Waals surface area contributed by atoms with Gasteiger partial charge in [0.15, 0.2) is 0 Å². The highest BCUT2D eigenvalue weighted by atomic mass is 16.3. The second-order valence-corrected chi connectivity index (χ2v) is 11.1. The SMILES string of the molecule is CC(CCc1ccc(O)cc1)NCC(O)c1ccc(O)cc1.CC(Cc1ccc(O)cc1)NCC(O)c1cc(O)cc(O)c1. The Hall–Kier alpha value is -4.28. The molecule has 0 aromatic heterocycles. The van der Waals surface area contributed by atoms with Crippen molar-refractivity contribution in [2.75, 3.05) is 13.1 Å². The molecule has 4 aromatic carbocycles. The molecule has 4 unspecified atom stereocenters. The van der Waals surface area contributed by atoms with Crippen LogP contribution < -0.4 is 10.6 Å². The fraction of sp³-hybridized carbons (Fsp3) is 0.314. The molecule has 9 nitrogen and oxygen atoms in total. The van der Waals surface area contributed by atoms with Gasteiger partial charge >= 0.3 is 0 Å². The molecule has 4 atom stereocenters. The predicted octanol–water partition coefficient (Wildman–Crippen LogP) is 4.80. The number of phenols is 5. The maximum absolute atomic E-state index is 10.1. The van der Waals surface area contributed by atoms with E-state index in [9.17, 15) is 35.7 Å². The van der Waals surface area contributed by atoms with E-state index in [-0.39, 0.29) is 40.8 Å². The van der Waals surface area contributed by atoms with E-state index in [1.807, 2.05) is 31.2 Å². The zero-order valence-electron chi connectivity index (χ0n) is 25.1. The molecule has 4 aromatic rings. The van der Waals surface area contributed by atoms with Gasteiger partial charge in [0, 0.05) is 31.2 Å². The molecule has 0 bridgehead atoms. The molecule has 0 aliphatic carbocycles. The Morgan fingerprint density at radius 2 is 0.932 bits per heavy atom. The molecule has 0 amide bonds. The Balaban J connectivity index is 0.000000240. The van der Waals surface area contributed by atoms with E-state index >= 15 is 0 Å². The van der Waals surface area contributed by atoms with E-state index in [1.165, 1.54) is 23.8 Å². The van der Waals surface area contributed by atoms with Crippen molar-refractivity contribution in [3.63, 3.8) is 0 Å². The summed E-state index contributed by atoms with van der Waals surface area (Å²) in [7, 11) is 0. The highest BCUT2D eigenvalue weighted by Crippen LogP contribution is 2.25. The molecule has 0 aliphatic heterocycles. The van der Waals surface area contributed by atoms with Crippen LogP contribution in [0.2, 0.25) is 0 Å². The first-order valence-electron chi connectivity index (χ1n) is 14.7. The molecular formula is C35H44N2O7. The number of benzene rings is 4. The lowest BCUT2D eigenvalue weighted by molar-refractivity contribution is 0.169. The molecular weight excluding hydrogens is 560 g/mol. The lowest BCUT2D eigenvalue weighted by Crippen LogP contribution is -2.32. The number of nitrogens with one attached hydrogen (secondary N) is 2. The summed E-state index contributed by atoms with van der Waals surface area (Å²) in [6.07, 6.45) is 1.23. The van der Waals surface area contributed by atoms with Gasteiger partial charge in [0.1, 0.15) is 28.7 Å². The minimum atomic E-state index is -0.819. The molecule has 0 radical (unpaired) electrons. The van der Waals surface area contributed by atoms with Crippen molar-refractivity contribution in [3.05, 3.63) is 113 Å². The van der Waals surface area contributed by atoms with Gasteiger partial charge in [0.2, 0.25) is 0 Å². The summed E-state index contributed by atoms with van der Waals surface area (Å²) < 4.78 is 0. The molecule has 0 aliphatic rings. The Kier molecular flexibility index (Phi) is 13.3. The molecule has 236 valence electrons. The number of hydrogen-bond acceptors (Lipinski definition) is 9. The largest absolute Gasteiger partial charge is 0.508 e. The van der Waals surface area contributed by atoms with Gasteiger partial charge in [-0.15, -0.1) is 0 Å². The van der Waals surface area contributed by atoms with Crippen LogP contribution in [0.3, 0.4) is 0 Å². The summed E-state index contributed by atoms with van der Waals surface area (Å²) in [5.41, 5.74) is 3.52. The van der Waals surface area contributed by atoms with Crippen LogP contribution in [0.25, 0.3) is 0 Å². The normalized spacial score (nSPS) is 13.7. The lowest BCUT2D eigenvalue weighted by atomic mass is 10.1. The summed E-state index contributed by atoms with van der Waals surface area (Å²) in [6.45, 7) is 4.87. The van der Waals surface area contributed by atoms with Crippen molar-refractivity contribution in [1.29, 1.82) is 0 Å². The summed E-state index contributed by atoms with van der Waals surface area (Å²) in [4.78, 5) is 0. The molecule has 9 heteroatoms. The van der Waals surface area contributed by atoms with Crippen LogP contribution in [-0.4, -0.2) is 60.9 Å². The van der Waals surface area contributed by atoms with E-state index in [2.05, 4.69) is 17.6 Å². The number of aliphatic hydroxyl groups is 2. The van der Waals surface area contributed by atoms with Crippen LogP contribution in [0.5, 0.6) is 28.7 Å². The second kappa shape index (κ2) is 17.1. The van der Waals surface area contributed by atoms with Crippen LogP contribution >= 0.6 is 0 Å². The van der Waals surface area contributed by atoms with Crippen molar-refractivity contribution < 1.29 is 35.7 Å². The van der Waals surface area contributed by atoms with Crippen molar-refractivity contribution in [1.82, 2.24) is 10.6 Å². The van der Waals surface area contributed by atoms with Gasteiger partial charge in [-0.25, -0.2) is 0 Å². The first kappa shape index (κ1) is 34.2. The molecule has 0 saturated heterocycles. The van der Waals surface area contributed by atoms with Crippen molar-refractivity contribution in [2.45, 2.75) is 57.4 Å². The monoisotopic (exact) mass is 604 g/mol. The fourth-order valence-corrected chi connectivity index (χ4v) is 4.57. The first-order chi connectivity index (χ1) is 21.0. The molecule has 9 N–H and O–H groups in total. The summed E-state index contributed by atoms with van der Waals surface area (Å²) in [5.74, 6) is 0.568. The van der Waals surface area contributed by atoms with Gasteiger partial charge in [-0.1, -0.05) is 36.4 Å². The number of rotatable bonds is 13. The van der Waals surface area contributed by atoms with E-state index in [0.29, 0.717) is 18.7 Å². The molecule has 0 fully saturated rings. The molecule has 44 heavy (non-hydrogen) atoms. The van der Waals surface area contributed by atoms with Crippen LogP contribution in [0, 0.1) is 0 Å². The minimum absolute atomic E-state index is 0.0776. The van der Waals surface area contributed by atoms with E-state index < -0.39 is 12.2 Å². The Morgan fingerprint density at radius 3 is 1.45 bits per heavy atom. The topological polar surface area (TPSA) is 166 Å². The van der Waals surface area contributed by atoms with Gasteiger partial charge in [0.25, 0.3) is 0 Å². The quantitative estimate of drug-likeness (QED) is 0.104. The van der Waals surface area contributed by atoms with Crippen LogP contribution in [0.15, 0.2) is 91.0 Å². The number of hydrogen-bond donors (Lipinski definition) is 9. The third-order valence-electron chi connectivity index (χ3n) is 7.19. The summed E-state index contributed by atoms with van der Waals surface area (Å²) in [5, 5.41) is 73.3. The fourth-order valence-electron chi connectivity index (χ4n) is 4.57. The molecule has 4 rings (SSSR count). The molecule has 0 spiro atoms. The predicted molar refractivity (Wildman–Crippen MR) is 171 cm³/mol. The van der Waals surface area contributed by atoms with Gasteiger partial charge in [-0.2, -0.15) is 0 Å². The van der Waals surface area contributed by atoms with Crippen molar-refractivity contribution >= 4 is 0 Å². The first-order valence-corrected chi connectivity index (χ1v) is 14.7. The molecule has 0 heterocycles. The van der Waals surface area contributed by atoms with Crippen molar-refractivity contribution in [2.24, 2.45) is 0 Å². The smallest absolute Gasteiger partial charge is 0.119 e. The third kappa shape index (κ3) is 12.1. The number of phenolic OH excluding ortho intramolecular Hbond substituents is 5. The maximum Gasteiger partial charge on any atom is 0.119 e. The highest BCUT2D eigenvalue weighted by molar-refractivity contribution is 5.37. The van der Waals surface area contributed by atoms with Gasteiger partial charge in [0.05, 0.1) is 12.2 Å². The zero-order valence-corrected chi connectivity index (χ0v) is 25.1. The average molecular weight is 605 g/mol. The number of aryl methyl sites for hydroxylation is 1. The second-order valence-electron chi connectivity index (χ2n) is 11.1. The van der Waals surface area contributed by atoms with E-state index in [0.717, 1.165) is 30.4 Å². The maximum atomic E-state index is 10.1. The van der Waals surface area contributed by atoms with E-state index in [1.54, 1.807) is 48.5 Å². The van der Waals surface area contributed by atoms with Crippen LogP contribution in [-0.2, 0) is 12.8 Å². The molecule has 0 saturated carbocycles. The van der Waals surface area contributed by atoms with E-state index in [4.69, 9.17) is 0 Å². The minimum Gasteiger partial charge on any atom is -0.508 e.